The summed E-state index contributed by atoms with van der Waals surface area (Å²) in [4.78, 5) is 8.06. The highest BCUT2D eigenvalue weighted by Gasteiger charge is 2.08. The Morgan fingerprint density at radius 1 is 1.06 bits per heavy atom. The van der Waals surface area contributed by atoms with Crippen LogP contribution in [0.4, 0.5) is 17.3 Å². The molecule has 4 nitrogen and oxygen atoms in total. The maximum atomic E-state index is 5.71. The lowest BCUT2D eigenvalue weighted by atomic mass is 10.1. The normalized spacial score (nSPS) is 10.4. The fourth-order valence-corrected chi connectivity index (χ4v) is 2.16. The lowest BCUT2D eigenvalue weighted by molar-refractivity contribution is 1.16. The minimum atomic E-state index is 0.415. The molecule has 1 heterocycles. The third-order valence-electron chi connectivity index (χ3n) is 2.52. The van der Waals surface area contributed by atoms with Crippen molar-refractivity contribution in [2.24, 2.45) is 0 Å². The van der Waals surface area contributed by atoms with E-state index in [-0.39, 0.29) is 0 Å². The zero-order chi connectivity index (χ0) is 13.3. The van der Waals surface area contributed by atoms with Gasteiger partial charge in [0.15, 0.2) is 0 Å². The number of rotatable bonds is 2. The second kappa shape index (κ2) is 5.24. The highest BCUT2D eigenvalue weighted by molar-refractivity contribution is 9.11. The number of nitrogens with one attached hydrogen (secondary N) is 1. The summed E-state index contributed by atoms with van der Waals surface area (Å²) in [6, 6.07) is 4.09. The van der Waals surface area contributed by atoms with Gasteiger partial charge in [0.1, 0.15) is 22.4 Å². The second-order valence-electron chi connectivity index (χ2n) is 3.97. The molecule has 0 fully saturated rings. The van der Waals surface area contributed by atoms with Gasteiger partial charge in [0.25, 0.3) is 0 Å². The van der Waals surface area contributed by atoms with E-state index in [0.29, 0.717) is 16.1 Å². The van der Waals surface area contributed by atoms with Crippen LogP contribution < -0.4 is 11.1 Å². The van der Waals surface area contributed by atoms with E-state index in [9.17, 15) is 0 Å². The van der Waals surface area contributed by atoms with Crippen molar-refractivity contribution in [2.75, 3.05) is 11.1 Å². The van der Waals surface area contributed by atoms with E-state index in [2.05, 4.69) is 47.1 Å². The Morgan fingerprint density at radius 2 is 1.67 bits per heavy atom. The van der Waals surface area contributed by atoms with E-state index in [1.54, 1.807) is 0 Å². The average molecular weight is 372 g/mol. The Hall–Kier alpha value is -1.14. The Balaban J connectivity index is 2.37. The summed E-state index contributed by atoms with van der Waals surface area (Å²) in [6.07, 6.45) is 1.43. The highest BCUT2D eigenvalue weighted by Crippen LogP contribution is 2.30. The first kappa shape index (κ1) is 13.3. The van der Waals surface area contributed by atoms with Crippen molar-refractivity contribution in [1.82, 2.24) is 9.97 Å². The van der Waals surface area contributed by atoms with Crippen molar-refractivity contribution in [3.05, 3.63) is 38.5 Å². The molecular weight excluding hydrogens is 360 g/mol. The fraction of sp³-hybridized carbons (Fsp3) is 0.167. The third-order valence-corrected chi connectivity index (χ3v) is 4.55. The van der Waals surface area contributed by atoms with E-state index in [1.807, 2.05) is 26.0 Å². The second-order valence-corrected chi connectivity index (χ2v) is 5.56. The topological polar surface area (TPSA) is 63.8 Å². The van der Waals surface area contributed by atoms with Crippen LogP contribution in [0.25, 0.3) is 0 Å². The maximum absolute atomic E-state index is 5.71. The summed E-state index contributed by atoms with van der Waals surface area (Å²) in [5, 5.41) is 3.22. The van der Waals surface area contributed by atoms with Crippen molar-refractivity contribution in [3.63, 3.8) is 0 Å². The number of hydrogen-bond donors (Lipinski definition) is 2. The Bertz CT molecular complexity index is 576. The lowest BCUT2D eigenvalue weighted by Gasteiger charge is -2.11. The molecule has 2 rings (SSSR count). The first-order chi connectivity index (χ1) is 8.49. The van der Waals surface area contributed by atoms with Crippen LogP contribution in [-0.4, -0.2) is 9.97 Å². The molecule has 0 aliphatic heterocycles. The number of halogens is 2. The van der Waals surface area contributed by atoms with Gasteiger partial charge in [0.05, 0.1) is 0 Å². The SMILES string of the molecule is Cc1cc(Nc2ncnc(N)c2Br)cc(C)c1Br. The number of benzene rings is 1. The van der Waals surface area contributed by atoms with Crippen LogP contribution in [0.2, 0.25) is 0 Å². The Labute approximate surface area is 122 Å². The molecule has 1 aromatic carbocycles. The molecule has 0 saturated carbocycles. The van der Waals surface area contributed by atoms with Gasteiger partial charge in [0.2, 0.25) is 0 Å². The van der Waals surface area contributed by atoms with Gasteiger partial charge in [-0.2, -0.15) is 0 Å². The zero-order valence-corrected chi connectivity index (χ0v) is 13.1. The first-order valence-corrected chi connectivity index (χ1v) is 6.87. The van der Waals surface area contributed by atoms with Crippen LogP contribution in [-0.2, 0) is 0 Å². The van der Waals surface area contributed by atoms with E-state index >= 15 is 0 Å². The number of nitrogens with two attached hydrogens (primary N) is 1. The van der Waals surface area contributed by atoms with Gasteiger partial charge in [-0.15, -0.1) is 0 Å². The van der Waals surface area contributed by atoms with Crippen LogP contribution in [0.5, 0.6) is 0 Å². The summed E-state index contributed by atoms with van der Waals surface area (Å²) in [7, 11) is 0. The summed E-state index contributed by atoms with van der Waals surface area (Å²) < 4.78 is 1.79. The van der Waals surface area contributed by atoms with Crippen molar-refractivity contribution < 1.29 is 0 Å². The van der Waals surface area contributed by atoms with Gasteiger partial charge >= 0.3 is 0 Å². The number of aromatic nitrogens is 2. The molecule has 0 atom stereocenters. The summed E-state index contributed by atoms with van der Waals surface area (Å²) >= 11 is 6.91. The molecule has 0 unspecified atom stereocenters. The number of aryl methyl sites for hydroxylation is 2. The van der Waals surface area contributed by atoms with Gasteiger partial charge < -0.3 is 11.1 Å². The molecule has 1 aromatic heterocycles. The van der Waals surface area contributed by atoms with Gasteiger partial charge in [0, 0.05) is 10.2 Å². The monoisotopic (exact) mass is 370 g/mol. The molecule has 0 spiro atoms. The summed E-state index contributed by atoms with van der Waals surface area (Å²) in [5.41, 5.74) is 9.00. The number of hydrogen-bond acceptors (Lipinski definition) is 4. The standard InChI is InChI=1S/C12H12Br2N4/c1-6-3-8(4-7(2)9(6)13)18-12-10(14)11(15)16-5-17-12/h3-5H,1-2H3,(H3,15,16,17,18). The lowest BCUT2D eigenvalue weighted by Crippen LogP contribution is -2.00. The van der Waals surface area contributed by atoms with Crippen LogP contribution in [0.15, 0.2) is 27.4 Å². The van der Waals surface area contributed by atoms with Crippen molar-refractivity contribution in [1.29, 1.82) is 0 Å². The van der Waals surface area contributed by atoms with Crippen LogP contribution >= 0.6 is 31.9 Å². The average Bonchev–Trinajstić information content (AvgIpc) is 2.32. The van der Waals surface area contributed by atoms with Crippen LogP contribution in [0.3, 0.4) is 0 Å². The Morgan fingerprint density at radius 3 is 2.28 bits per heavy atom. The maximum Gasteiger partial charge on any atom is 0.150 e. The van der Waals surface area contributed by atoms with Gasteiger partial charge in [-0.3, -0.25) is 0 Å². The molecular formula is C12H12Br2N4. The molecule has 94 valence electrons. The fourth-order valence-electron chi connectivity index (χ4n) is 1.63. The predicted octanol–water partition coefficient (Wildman–Crippen LogP) is 3.94. The third kappa shape index (κ3) is 2.64. The zero-order valence-electron chi connectivity index (χ0n) is 9.96. The van der Waals surface area contributed by atoms with Crippen LogP contribution in [0, 0.1) is 13.8 Å². The highest BCUT2D eigenvalue weighted by atomic mass is 79.9. The van der Waals surface area contributed by atoms with E-state index in [1.165, 1.54) is 6.33 Å². The minimum Gasteiger partial charge on any atom is -0.383 e. The van der Waals surface area contributed by atoms with Gasteiger partial charge in [-0.25, -0.2) is 9.97 Å². The van der Waals surface area contributed by atoms with Crippen molar-refractivity contribution in [2.45, 2.75) is 13.8 Å². The van der Waals surface area contributed by atoms with Gasteiger partial charge in [-0.05, 0) is 53.0 Å². The molecule has 2 aromatic rings. The van der Waals surface area contributed by atoms with Gasteiger partial charge in [-0.1, -0.05) is 15.9 Å². The first-order valence-electron chi connectivity index (χ1n) is 5.28. The number of nitrogen functional groups attached to an aromatic ring is 1. The summed E-state index contributed by atoms with van der Waals surface area (Å²) in [6.45, 7) is 4.09. The molecule has 3 N–H and O–H groups in total. The molecule has 0 saturated heterocycles. The number of nitrogens with zero attached hydrogens (tertiary/aromatic N) is 2. The molecule has 0 aliphatic rings. The summed E-state index contributed by atoms with van der Waals surface area (Å²) in [5.74, 6) is 1.07. The quantitative estimate of drug-likeness (QED) is 0.838. The van der Waals surface area contributed by atoms with E-state index in [4.69, 9.17) is 5.73 Å². The minimum absolute atomic E-state index is 0.415. The van der Waals surface area contributed by atoms with Crippen LogP contribution in [0.1, 0.15) is 11.1 Å². The molecule has 0 bridgehead atoms. The van der Waals surface area contributed by atoms with Crippen molar-refractivity contribution in [3.8, 4) is 0 Å². The van der Waals surface area contributed by atoms with E-state index in [0.717, 1.165) is 21.3 Å². The molecule has 0 radical (unpaired) electrons. The predicted molar refractivity (Wildman–Crippen MR) is 81.0 cm³/mol. The van der Waals surface area contributed by atoms with E-state index < -0.39 is 0 Å². The number of anilines is 3. The Kier molecular flexibility index (Phi) is 3.87. The van der Waals surface area contributed by atoms with Crippen molar-refractivity contribution >= 4 is 49.2 Å². The smallest absolute Gasteiger partial charge is 0.150 e. The molecule has 0 aliphatic carbocycles. The molecule has 18 heavy (non-hydrogen) atoms. The molecule has 0 amide bonds. The molecule has 6 heteroatoms. The largest absolute Gasteiger partial charge is 0.383 e.